The van der Waals surface area contributed by atoms with Crippen molar-refractivity contribution >= 4 is 33.2 Å². The minimum absolute atomic E-state index is 0.339. The van der Waals surface area contributed by atoms with Crippen molar-refractivity contribution in [2.75, 3.05) is 11.1 Å². The molecule has 0 fully saturated rings. The van der Waals surface area contributed by atoms with Gasteiger partial charge in [0, 0.05) is 16.4 Å². The van der Waals surface area contributed by atoms with E-state index in [1.165, 1.54) is 30.5 Å². The first-order chi connectivity index (χ1) is 8.06. The Balaban J connectivity index is 2.18. The number of aromatic amines is 1. The van der Waals surface area contributed by atoms with Crippen LogP contribution < -0.4 is 11.1 Å². The number of nitrogens with one attached hydrogen (secondary N) is 2. The standard InChI is InChI=1S/C11H9BrFN3O/c12-8-3-6(13)1-2-9(8)16-11(17)10-4-7(14)5-15-10/h1-5,15H,14H2,(H,16,17). The molecular weight excluding hydrogens is 289 g/mol. The molecule has 1 heterocycles. The van der Waals surface area contributed by atoms with Crippen molar-refractivity contribution in [1.82, 2.24) is 4.98 Å². The Kier molecular flexibility index (Phi) is 3.14. The second-order valence-corrected chi connectivity index (χ2v) is 4.28. The van der Waals surface area contributed by atoms with Gasteiger partial charge >= 0.3 is 0 Å². The summed E-state index contributed by atoms with van der Waals surface area (Å²) in [5.74, 6) is -0.715. The number of carbonyl (C=O) groups excluding carboxylic acids is 1. The number of hydrogen-bond acceptors (Lipinski definition) is 2. The zero-order valence-corrected chi connectivity index (χ0v) is 10.2. The van der Waals surface area contributed by atoms with E-state index in [4.69, 9.17) is 5.73 Å². The fourth-order valence-electron chi connectivity index (χ4n) is 1.32. The smallest absolute Gasteiger partial charge is 0.272 e. The zero-order valence-electron chi connectivity index (χ0n) is 8.63. The Labute approximate surface area is 105 Å². The summed E-state index contributed by atoms with van der Waals surface area (Å²) in [4.78, 5) is 14.5. The predicted octanol–water partition coefficient (Wildman–Crippen LogP) is 2.75. The van der Waals surface area contributed by atoms with E-state index in [0.717, 1.165) is 0 Å². The molecule has 0 saturated carbocycles. The highest BCUT2D eigenvalue weighted by Crippen LogP contribution is 2.23. The largest absolute Gasteiger partial charge is 0.397 e. The molecular formula is C11H9BrFN3O. The van der Waals surface area contributed by atoms with Gasteiger partial charge in [-0.15, -0.1) is 0 Å². The fourth-order valence-corrected chi connectivity index (χ4v) is 1.77. The van der Waals surface area contributed by atoms with Gasteiger partial charge in [-0.1, -0.05) is 0 Å². The third-order valence-electron chi connectivity index (χ3n) is 2.13. The van der Waals surface area contributed by atoms with Crippen molar-refractivity contribution in [1.29, 1.82) is 0 Å². The molecule has 6 heteroatoms. The molecule has 0 aliphatic carbocycles. The van der Waals surface area contributed by atoms with Crippen molar-refractivity contribution in [3.05, 3.63) is 46.4 Å². The van der Waals surface area contributed by atoms with Crippen LogP contribution in [0, 0.1) is 5.82 Å². The summed E-state index contributed by atoms with van der Waals surface area (Å²) in [6.45, 7) is 0. The number of hydrogen-bond donors (Lipinski definition) is 3. The number of aromatic nitrogens is 1. The van der Waals surface area contributed by atoms with Crippen molar-refractivity contribution in [3.8, 4) is 0 Å². The van der Waals surface area contributed by atoms with Gasteiger partial charge in [-0.05, 0) is 40.2 Å². The lowest BCUT2D eigenvalue weighted by Gasteiger charge is -2.05. The van der Waals surface area contributed by atoms with E-state index < -0.39 is 0 Å². The van der Waals surface area contributed by atoms with Crippen LogP contribution in [-0.4, -0.2) is 10.9 Å². The van der Waals surface area contributed by atoms with E-state index in [9.17, 15) is 9.18 Å². The lowest BCUT2D eigenvalue weighted by molar-refractivity contribution is 0.102. The number of halogens is 2. The number of benzene rings is 1. The summed E-state index contributed by atoms with van der Waals surface area (Å²) in [7, 11) is 0. The minimum Gasteiger partial charge on any atom is -0.397 e. The average molecular weight is 298 g/mol. The normalized spacial score (nSPS) is 10.2. The highest BCUT2D eigenvalue weighted by molar-refractivity contribution is 9.10. The maximum absolute atomic E-state index is 12.8. The zero-order chi connectivity index (χ0) is 12.4. The molecule has 4 N–H and O–H groups in total. The van der Waals surface area contributed by atoms with Gasteiger partial charge in [0.2, 0.25) is 0 Å². The summed E-state index contributed by atoms with van der Waals surface area (Å²) in [6.07, 6.45) is 1.52. The molecule has 1 aromatic heterocycles. The highest BCUT2D eigenvalue weighted by Gasteiger charge is 2.10. The number of H-pyrrole nitrogens is 1. The van der Waals surface area contributed by atoms with Crippen LogP contribution >= 0.6 is 15.9 Å². The minimum atomic E-state index is -0.376. The maximum atomic E-state index is 12.8. The summed E-state index contributed by atoms with van der Waals surface area (Å²) in [6, 6.07) is 5.54. The number of nitrogen functional groups attached to an aromatic ring is 1. The van der Waals surface area contributed by atoms with Crippen LogP contribution in [0.1, 0.15) is 10.5 Å². The molecule has 1 amide bonds. The molecule has 0 unspecified atom stereocenters. The van der Waals surface area contributed by atoms with E-state index in [0.29, 0.717) is 21.5 Å². The Hall–Kier alpha value is -1.82. The topological polar surface area (TPSA) is 70.9 Å². The fraction of sp³-hybridized carbons (Fsp3) is 0. The van der Waals surface area contributed by atoms with Crippen molar-refractivity contribution in [3.63, 3.8) is 0 Å². The summed E-state index contributed by atoms with van der Waals surface area (Å²) >= 11 is 3.16. The number of anilines is 2. The number of amides is 1. The summed E-state index contributed by atoms with van der Waals surface area (Å²) < 4.78 is 13.3. The van der Waals surface area contributed by atoms with Crippen LogP contribution in [0.5, 0.6) is 0 Å². The molecule has 0 spiro atoms. The molecule has 1 aromatic carbocycles. The third kappa shape index (κ3) is 2.65. The van der Waals surface area contributed by atoms with Crippen LogP contribution in [0.3, 0.4) is 0 Å². The second-order valence-electron chi connectivity index (χ2n) is 3.42. The van der Waals surface area contributed by atoms with E-state index in [1.54, 1.807) is 0 Å². The SMILES string of the molecule is Nc1c[nH]c(C(=O)Nc2ccc(F)cc2Br)c1. The number of carbonyl (C=O) groups is 1. The molecule has 0 bridgehead atoms. The van der Waals surface area contributed by atoms with E-state index in [1.807, 2.05) is 0 Å². The van der Waals surface area contributed by atoms with Gasteiger partial charge in [0.25, 0.3) is 5.91 Å². The van der Waals surface area contributed by atoms with Gasteiger partial charge in [0.05, 0.1) is 5.69 Å². The van der Waals surface area contributed by atoms with Crippen LogP contribution in [0.15, 0.2) is 34.9 Å². The molecule has 0 radical (unpaired) electrons. The van der Waals surface area contributed by atoms with Crippen LogP contribution in [-0.2, 0) is 0 Å². The van der Waals surface area contributed by atoms with E-state index in [-0.39, 0.29) is 11.7 Å². The summed E-state index contributed by atoms with van der Waals surface area (Å²) in [5.41, 5.74) is 6.81. The van der Waals surface area contributed by atoms with Crippen molar-refractivity contribution < 1.29 is 9.18 Å². The average Bonchev–Trinajstić information content (AvgIpc) is 2.69. The van der Waals surface area contributed by atoms with E-state index >= 15 is 0 Å². The van der Waals surface area contributed by atoms with Gasteiger partial charge in [-0.2, -0.15) is 0 Å². The van der Waals surface area contributed by atoms with Crippen LogP contribution in [0.4, 0.5) is 15.8 Å². The Morgan fingerprint density at radius 1 is 1.41 bits per heavy atom. The molecule has 2 aromatic rings. The lowest BCUT2D eigenvalue weighted by atomic mass is 10.3. The molecule has 0 atom stereocenters. The lowest BCUT2D eigenvalue weighted by Crippen LogP contribution is -2.12. The third-order valence-corrected chi connectivity index (χ3v) is 2.79. The van der Waals surface area contributed by atoms with Gasteiger partial charge < -0.3 is 16.0 Å². The Bertz CT molecular complexity index is 568. The van der Waals surface area contributed by atoms with Gasteiger partial charge in [0.1, 0.15) is 11.5 Å². The molecule has 0 saturated heterocycles. The predicted molar refractivity (Wildman–Crippen MR) is 67.3 cm³/mol. The van der Waals surface area contributed by atoms with Gasteiger partial charge in [0.15, 0.2) is 0 Å². The Morgan fingerprint density at radius 2 is 2.18 bits per heavy atom. The van der Waals surface area contributed by atoms with Crippen molar-refractivity contribution in [2.24, 2.45) is 0 Å². The molecule has 4 nitrogen and oxygen atoms in total. The van der Waals surface area contributed by atoms with Gasteiger partial charge in [-0.3, -0.25) is 4.79 Å². The van der Waals surface area contributed by atoms with Crippen LogP contribution in [0.25, 0.3) is 0 Å². The Morgan fingerprint density at radius 3 is 2.76 bits per heavy atom. The number of nitrogens with two attached hydrogens (primary N) is 1. The molecule has 0 aliphatic rings. The maximum Gasteiger partial charge on any atom is 0.272 e. The quantitative estimate of drug-likeness (QED) is 0.797. The first-order valence-corrected chi connectivity index (χ1v) is 5.56. The first-order valence-electron chi connectivity index (χ1n) is 4.76. The second kappa shape index (κ2) is 4.58. The van der Waals surface area contributed by atoms with Gasteiger partial charge in [-0.25, -0.2) is 4.39 Å². The van der Waals surface area contributed by atoms with E-state index in [2.05, 4.69) is 26.2 Å². The summed E-state index contributed by atoms with van der Waals surface area (Å²) in [5, 5.41) is 2.63. The molecule has 0 aliphatic heterocycles. The van der Waals surface area contributed by atoms with Crippen LogP contribution in [0.2, 0.25) is 0 Å². The first kappa shape index (κ1) is 11.7. The monoisotopic (exact) mass is 297 g/mol. The molecule has 2 rings (SSSR count). The highest BCUT2D eigenvalue weighted by atomic mass is 79.9. The molecule has 88 valence electrons. The molecule has 17 heavy (non-hydrogen) atoms. The van der Waals surface area contributed by atoms with Crippen molar-refractivity contribution in [2.45, 2.75) is 0 Å². The number of rotatable bonds is 2.